The predicted octanol–water partition coefficient (Wildman–Crippen LogP) is 3.51. The van der Waals surface area contributed by atoms with Gasteiger partial charge in [-0.3, -0.25) is 9.59 Å². The zero-order chi connectivity index (χ0) is 23.1. The van der Waals surface area contributed by atoms with E-state index in [1.54, 1.807) is 36.3 Å². The lowest BCUT2D eigenvalue weighted by molar-refractivity contribution is -0.122. The van der Waals surface area contributed by atoms with Gasteiger partial charge in [0.1, 0.15) is 17.5 Å². The van der Waals surface area contributed by atoms with E-state index in [-0.39, 0.29) is 18.2 Å². The van der Waals surface area contributed by atoms with Gasteiger partial charge in [0, 0.05) is 13.1 Å². The van der Waals surface area contributed by atoms with Crippen molar-refractivity contribution in [3.05, 3.63) is 54.1 Å². The highest BCUT2D eigenvalue weighted by Gasteiger charge is 2.43. The van der Waals surface area contributed by atoms with Gasteiger partial charge in [0.2, 0.25) is 5.91 Å². The molecule has 1 saturated heterocycles. The van der Waals surface area contributed by atoms with E-state index in [2.05, 4.69) is 5.32 Å². The first-order chi connectivity index (χ1) is 15.5. The van der Waals surface area contributed by atoms with Crippen LogP contribution in [0.1, 0.15) is 32.3 Å². The lowest BCUT2D eigenvalue weighted by Crippen LogP contribution is -2.49. The fourth-order valence-corrected chi connectivity index (χ4v) is 3.88. The molecule has 1 N–H and O–H groups in total. The van der Waals surface area contributed by atoms with Gasteiger partial charge in [-0.2, -0.15) is 0 Å². The van der Waals surface area contributed by atoms with Crippen LogP contribution in [-0.4, -0.2) is 48.1 Å². The van der Waals surface area contributed by atoms with Crippen LogP contribution >= 0.6 is 12.2 Å². The lowest BCUT2D eigenvalue weighted by Gasteiger charge is -2.30. The fourth-order valence-electron chi connectivity index (χ4n) is 3.55. The number of hydrogen-bond donors (Lipinski definition) is 1. The molecule has 3 rings (SSSR count). The lowest BCUT2D eigenvalue weighted by atomic mass is 10.1. The molecule has 0 aliphatic carbocycles. The van der Waals surface area contributed by atoms with Gasteiger partial charge >= 0.3 is 0 Å². The number of amides is 2. The summed E-state index contributed by atoms with van der Waals surface area (Å²) in [6.07, 6.45) is 0.969. The van der Waals surface area contributed by atoms with Crippen LogP contribution in [0.2, 0.25) is 0 Å². The van der Waals surface area contributed by atoms with Crippen molar-refractivity contribution in [1.82, 2.24) is 10.2 Å². The summed E-state index contributed by atoms with van der Waals surface area (Å²) < 4.78 is 10.8. The number of rotatable bonds is 9. The normalized spacial score (nSPS) is 15.6. The number of benzene rings is 2. The van der Waals surface area contributed by atoms with Gasteiger partial charge < -0.3 is 19.7 Å². The second-order valence-corrected chi connectivity index (χ2v) is 7.83. The van der Waals surface area contributed by atoms with Crippen molar-refractivity contribution in [2.45, 2.75) is 39.3 Å². The van der Waals surface area contributed by atoms with E-state index in [9.17, 15) is 9.59 Å². The molecular weight excluding hydrogens is 426 g/mol. The van der Waals surface area contributed by atoms with Crippen molar-refractivity contribution >= 4 is 34.8 Å². The third-order valence-electron chi connectivity index (χ3n) is 5.17. The molecule has 0 saturated carbocycles. The average molecular weight is 456 g/mol. The molecule has 1 heterocycles. The molecule has 2 aromatic rings. The first-order valence-electron chi connectivity index (χ1n) is 10.8. The number of ether oxygens (including phenoxy) is 2. The highest BCUT2D eigenvalue weighted by Crippen LogP contribution is 2.28. The summed E-state index contributed by atoms with van der Waals surface area (Å²) in [5, 5.41) is 3.56. The number of hydrogen-bond acceptors (Lipinski definition) is 5. The summed E-state index contributed by atoms with van der Waals surface area (Å²) >= 11 is 5.56. The van der Waals surface area contributed by atoms with E-state index in [1.165, 1.54) is 4.90 Å². The maximum atomic E-state index is 13.3. The van der Waals surface area contributed by atoms with Gasteiger partial charge in [0.05, 0.1) is 25.8 Å². The highest BCUT2D eigenvalue weighted by atomic mass is 32.1. The molecule has 0 aromatic heterocycles. The maximum Gasteiger partial charge on any atom is 0.257 e. The molecule has 1 fully saturated rings. The molecule has 170 valence electrons. The molecule has 0 bridgehead atoms. The topological polar surface area (TPSA) is 71.1 Å². The van der Waals surface area contributed by atoms with E-state index in [1.807, 2.05) is 38.1 Å². The fraction of sp³-hybridized carbons (Fsp3) is 0.375. The van der Waals surface area contributed by atoms with E-state index in [4.69, 9.17) is 21.7 Å². The zero-order valence-corrected chi connectivity index (χ0v) is 19.5. The van der Waals surface area contributed by atoms with Crippen LogP contribution in [0, 0.1) is 0 Å². The van der Waals surface area contributed by atoms with E-state index in [0.717, 1.165) is 17.7 Å². The molecule has 2 aromatic carbocycles. The van der Waals surface area contributed by atoms with Crippen molar-refractivity contribution in [2.75, 3.05) is 25.2 Å². The quantitative estimate of drug-likeness (QED) is 0.458. The Morgan fingerprint density at radius 1 is 1.09 bits per heavy atom. The smallest absolute Gasteiger partial charge is 0.257 e. The SMILES string of the molecule is CCCOc1ccc(N2C(=O)CC(N(Cc3ccc(OC)cc3)C(=S)NCC)C2=O)cc1. The molecule has 0 radical (unpaired) electrons. The summed E-state index contributed by atoms with van der Waals surface area (Å²) in [5.74, 6) is 0.923. The number of nitrogens with one attached hydrogen (secondary N) is 1. The average Bonchev–Trinajstić information content (AvgIpc) is 3.10. The number of nitrogens with zero attached hydrogens (tertiary/aromatic N) is 2. The Morgan fingerprint density at radius 3 is 2.34 bits per heavy atom. The van der Waals surface area contributed by atoms with Crippen LogP contribution in [0.4, 0.5) is 5.69 Å². The van der Waals surface area contributed by atoms with Crippen molar-refractivity contribution in [3.8, 4) is 11.5 Å². The number of carbonyl (C=O) groups excluding carboxylic acids is 2. The Labute approximate surface area is 194 Å². The third kappa shape index (κ3) is 5.37. The summed E-state index contributed by atoms with van der Waals surface area (Å²) in [6.45, 7) is 5.61. The van der Waals surface area contributed by atoms with Crippen LogP contribution in [0.25, 0.3) is 0 Å². The molecule has 1 atom stereocenters. The Morgan fingerprint density at radius 2 is 1.75 bits per heavy atom. The van der Waals surface area contributed by atoms with Crippen LogP contribution < -0.4 is 19.7 Å². The molecule has 1 unspecified atom stereocenters. The number of thiocarbonyl (C=S) groups is 1. The molecule has 1 aliphatic rings. The van der Waals surface area contributed by atoms with Gasteiger partial charge in [-0.25, -0.2) is 4.90 Å². The molecule has 2 amide bonds. The Bertz CT molecular complexity index is 947. The van der Waals surface area contributed by atoms with Gasteiger partial charge in [-0.1, -0.05) is 19.1 Å². The first-order valence-corrected chi connectivity index (χ1v) is 11.2. The minimum absolute atomic E-state index is 0.0641. The van der Waals surface area contributed by atoms with Crippen LogP contribution in [0.15, 0.2) is 48.5 Å². The predicted molar refractivity (Wildman–Crippen MR) is 128 cm³/mol. The van der Waals surface area contributed by atoms with E-state index >= 15 is 0 Å². The second kappa shape index (κ2) is 10.9. The Kier molecular flexibility index (Phi) is 8.05. The van der Waals surface area contributed by atoms with Crippen LogP contribution in [0.5, 0.6) is 11.5 Å². The number of imide groups is 1. The van der Waals surface area contributed by atoms with Crippen molar-refractivity contribution in [1.29, 1.82) is 0 Å². The molecule has 1 aliphatic heterocycles. The van der Waals surface area contributed by atoms with Crippen molar-refractivity contribution in [3.63, 3.8) is 0 Å². The third-order valence-corrected chi connectivity index (χ3v) is 5.55. The van der Waals surface area contributed by atoms with Crippen LogP contribution in [0.3, 0.4) is 0 Å². The molecular formula is C24H29N3O4S. The van der Waals surface area contributed by atoms with E-state index < -0.39 is 6.04 Å². The first kappa shape index (κ1) is 23.5. The highest BCUT2D eigenvalue weighted by molar-refractivity contribution is 7.80. The van der Waals surface area contributed by atoms with Gasteiger partial charge in [-0.05, 0) is 67.5 Å². The number of anilines is 1. The number of carbonyl (C=O) groups is 2. The molecule has 7 nitrogen and oxygen atoms in total. The molecule has 32 heavy (non-hydrogen) atoms. The molecule has 8 heteroatoms. The largest absolute Gasteiger partial charge is 0.497 e. The molecule has 0 spiro atoms. The van der Waals surface area contributed by atoms with Crippen molar-refractivity contribution < 1.29 is 19.1 Å². The summed E-state index contributed by atoms with van der Waals surface area (Å²) in [5.41, 5.74) is 1.49. The number of methoxy groups -OCH3 is 1. The van der Waals surface area contributed by atoms with Crippen LogP contribution in [-0.2, 0) is 16.1 Å². The Hall–Kier alpha value is -3.13. The van der Waals surface area contributed by atoms with Gasteiger partial charge in [-0.15, -0.1) is 0 Å². The minimum Gasteiger partial charge on any atom is -0.497 e. The standard InChI is InChI=1S/C24H29N3O4S/c1-4-14-31-20-12-8-18(9-13-20)27-22(28)15-21(23(27)29)26(24(32)25-5-2)16-17-6-10-19(30-3)11-7-17/h6-13,21H,4-5,14-16H2,1-3H3,(H,25,32). The second-order valence-electron chi connectivity index (χ2n) is 7.44. The monoisotopic (exact) mass is 455 g/mol. The minimum atomic E-state index is -0.674. The van der Waals surface area contributed by atoms with Gasteiger partial charge in [0.15, 0.2) is 5.11 Å². The zero-order valence-electron chi connectivity index (χ0n) is 18.7. The van der Waals surface area contributed by atoms with E-state index in [0.29, 0.717) is 36.2 Å². The summed E-state index contributed by atoms with van der Waals surface area (Å²) in [4.78, 5) is 29.2. The summed E-state index contributed by atoms with van der Waals surface area (Å²) in [7, 11) is 1.61. The Balaban J connectivity index is 1.81. The van der Waals surface area contributed by atoms with Crippen molar-refractivity contribution in [2.24, 2.45) is 0 Å². The van der Waals surface area contributed by atoms with Gasteiger partial charge in [0.25, 0.3) is 5.91 Å². The maximum absolute atomic E-state index is 13.3. The summed E-state index contributed by atoms with van der Waals surface area (Å²) in [6, 6.07) is 13.9.